The average molecular weight is 393 g/mol. The van der Waals surface area contributed by atoms with Crippen LogP contribution in [0.1, 0.15) is 41.9 Å². The van der Waals surface area contributed by atoms with Crippen LogP contribution in [0.15, 0.2) is 46.2 Å². The second kappa shape index (κ2) is 7.49. The maximum Gasteiger partial charge on any atom is 0.371 e. The summed E-state index contributed by atoms with van der Waals surface area (Å²) in [4.78, 5) is 27.6. The number of pyridine rings is 1. The number of aromatic nitrogens is 1. The molecule has 2 unspecified atom stereocenters. The van der Waals surface area contributed by atoms with Gasteiger partial charge in [0.15, 0.2) is 0 Å². The SMILES string of the molecule is CC(NC(=O)C1CCCN1S(=O)(=O)c1ccc(C(=O)O)o1)c1cccnc1. The summed E-state index contributed by atoms with van der Waals surface area (Å²) in [6, 6.07) is 4.51. The molecule has 1 fully saturated rings. The zero-order chi connectivity index (χ0) is 19.6. The van der Waals surface area contributed by atoms with Gasteiger partial charge in [0, 0.05) is 18.9 Å². The first-order chi connectivity index (χ1) is 12.8. The molecule has 0 saturated carbocycles. The summed E-state index contributed by atoms with van der Waals surface area (Å²) in [7, 11) is -4.12. The van der Waals surface area contributed by atoms with E-state index in [4.69, 9.17) is 9.52 Å². The van der Waals surface area contributed by atoms with Crippen LogP contribution in [0.25, 0.3) is 0 Å². The van der Waals surface area contributed by atoms with Crippen molar-refractivity contribution in [2.45, 2.75) is 36.9 Å². The molecular weight excluding hydrogens is 374 g/mol. The van der Waals surface area contributed by atoms with Gasteiger partial charge in [0.25, 0.3) is 10.0 Å². The number of carboxylic acids is 1. The number of nitrogens with zero attached hydrogens (tertiary/aromatic N) is 2. The molecule has 144 valence electrons. The van der Waals surface area contributed by atoms with Crippen molar-refractivity contribution in [1.82, 2.24) is 14.6 Å². The van der Waals surface area contributed by atoms with E-state index < -0.39 is 38.8 Å². The van der Waals surface area contributed by atoms with E-state index in [-0.39, 0.29) is 12.6 Å². The number of amides is 1. The Morgan fingerprint density at radius 3 is 2.78 bits per heavy atom. The van der Waals surface area contributed by atoms with Crippen LogP contribution in [0.3, 0.4) is 0 Å². The number of nitrogens with one attached hydrogen (secondary N) is 1. The first kappa shape index (κ1) is 19.1. The van der Waals surface area contributed by atoms with Gasteiger partial charge >= 0.3 is 5.97 Å². The minimum absolute atomic E-state index is 0.158. The third-order valence-corrected chi connectivity index (χ3v) is 6.19. The van der Waals surface area contributed by atoms with E-state index in [0.29, 0.717) is 12.8 Å². The third-order valence-electron chi connectivity index (χ3n) is 4.40. The lowest BCUT2D eigenvalue weighted by atomic mass is 10.1. The maximum absolute atomic E-state index is 12.8. The molecule has 0 radical (unpaired) electrons. The van der Waals surface area contributed by atoms with E-state index in [2.05, 4.69) is 10.3 Å². The molecule has 0 spiro atoms. The van der Waals surface area contributed by atoms with Gasteiger partial charge in [0.05, 0.1) is 6.04 Å². The van der Waals surface area contributed by atoms with Crippen LogP contribution >= 0.6 is 0 Å². The molecule has 2 aromatic rings. The van der Waals surface area contributed by atoms with Gasteiger partial charge in [-0.25, -0.2) is 13.2 Å². The van der Waals surface area contributed by atoms with Crippen LogP contribution in [0.5, 0.6) is 0 Å². The highest BCUT2D eigenvalue weighted by atomic mass is 32.2. The minimum atomic E-state index is -4.12. The van der Waals surface area contributed by atoms with Crippen molar-refractivity contribution >= 4 is 21.9 Å². The predicted octanol–water partition coefficient (Wildman–Crippen LogP) is 1.40. The third kappa shape index (κ3) is 3.86. The summed E-state index contributed by atoms with van der Waals surface area (Å²) in [6.07, 6.45) is 4.14. The highest BCUT2D eigenvalue weighted by molar-refractivity contribution is 7.89. The fourth-order valence-electron chi connectivity index (χ4n) is 3.00. The van der Waals surface area contributed by atoms with Crippen LogP contribution in [0.4, 0.5) is 0 Å². The molecule has 1 saturated heterocycles. The molecule has 1 aliphatic rings. The first-order valence-electron chi connectivity index (χ1n) is 8.36. The number of hydrogen-bond donors (Lipinski definition) is 2. The van der Waals surface area contributed by atoms with Gasteiger partial charge < -0.3 is 14.8 Å². The summed E-state index contributed by atoms with van der Waals surface area (Å²) in [5, 5.41) is 11.2. The van der Waals surface area contributed by atoms with Gasteiger partial charge in [-0.1, -0.05) is 6.07 Å². The number of sulfonamides is 1. The number of furan rings is 1. The molecule has 10 heteroatoms. The predicted molar refractivity (Wildman–Crippen MR) is 93.4 cm³/mol. The zero-order valence-electron chi connectivity index (χ0n) is 14.5. The van der Waals surface area contributed by atoms with Crippen LogP contribution in [0.2, 0.25) is 0 Å². The minimum Gasteiger partial charge on any atom is -0.475 e. The Hall–Kier alpha value is -2.72. The molecule has 9 nitrogen and oxygen atoms in total. The molecule has 2 N–H and O–H groups in total. The smallest absolute Gasteiger partial charge is 0.371 e. The van der Waals surface area contributed by atoms with Crippen molar-refractivity contribution in [3.63, 3.8) is 0 Å². The van der Waals surface area contributed by atoms with Crippen molar-refractivity contribution in [3.8, 4) is 0 Å². The lowest BCUT2D eigenvalue weighted by molar-refractivity contribution is -0.124. The lowest BCUT2D eigenvalue weighted by Gasteiger charge is -2.24. The van der Waals surface area contributed by atoms with Crippen molar-refractivity contribution in [2.75, 3.05) is 6.54 Å². The highest BCUT2D eigenvalue weighted by Crippen LogP contribution is 2.28. The zero-order valence-corrected chi connectivity index (χ0v) is 15.3. The molecular formula is C17H19N3O6S. The quantitative estimate of drug-likeness (QED) is 0.759. The summed E-state index contributed by atoms with van der Waals surface area (Å²) in [5.41, 5.74) is 0.801. The second-order valence-electron chi connectivity index (χ2n) is 6.21. The fraction of sp³-hybridized carbons (Fsp3) is 0.353. The Kier molecular flexibility index (Phi) is 5.29. The van der Waals surface area contributed by atoms with Crippen LogP contribution in [-0.4, -0.2) is 47.3 Å². The van der Waals surface area contributed by atoms with Crippen molar-refractivity contribution in [1.29, 1.82) is 0 Å². The Balaban J connectivity index is 1.77. The monoisotopic (exact) mass is 393 g/mol. The second-order valence-corrected chi connectivity index (χ2v) is 8.04. The summed E-state index contributed by atoms with van der Waals surface area (Å²) >= 11 is 0. The summed E-state index contributed by atoms with van der Waals surface area (Å²) < 4.78 is 31.6. The van der Waals surface area contributed by atoms with Crippen molar-refractivity contribution < 1.29 is 27.5 Å². The van der Waals surface area contributed by atoms with Gasteiger partial charge in [-0.05, 0) is 43.5 Å². The molecule has 1 amide bonds. The fourth-order valence-corrected chi connectivity index (χ4v) is 4.58. The van der Waals surface area contributed by atoms with Crippen molar-refractivity contribution in [3.05, 3.63) is 48.0 Å². The number of hydrogen-bond acceptors (Lipinski definition) is 6. The molecule has 0 bridgehead atoms. The topological polar surface area (TPSA) is 130 Å². The molecule has 2 aromatic heterocycles. The number of carbonyl (C=O) groups is 2. The Labute approximate surface area is 156 Å². The number of rotatable bonds is 6. The van der Waals surface area contributed by atoms with Crippen LogP contribution < -0.4 is 5.32 Å². The van der Waals surface area contributed by atoms with Crippen LogP contribution in [-0.2, 0) is 14.8 Å². The summed E-state index contributed by atoms with van der Waals surface area (Å²) in [6.45, 7) is 1.94. The molecule has 0 aliphatic carbocycles. The van der Waals surface area contributed by atoms with Gasteiger partial charge in [-0.3, -0.25) is 9.78 Å². The normalized spacial score (nSPS) is 18.9. The standard InChI is InChI=1S/C17H19N3O6S/c1-11(12-4-2-8-18-10-12)19-16(21)13-5-3-9-20(13)27(24,25)15-7-6-14(26-15)17(22)23/h2,4,6-8,10-11,13H,3,5,9H2,1H3,(H,19,21)(H,22,23). The largest absolute Gasteiger partial charge is 0.475 e. The Morgan fingerprint density at radius 2 is 2.15 bits per heavy atom. The van der Waals surface area contributed by atoms with E-state index in [1.54, 1.807) is 25.4 Å². The maximum atomic E-state index is 12.8. The molecule has 27 heavy (non-hydrogen) atoms. The summed E-state index contributed by atoms with van der Waals surface area (Å²) in [5.74, 6) is -2.26. The number of carboxylic acid groups (broad SMARTS) is 1. The van der Waals surface area contributed by atoms with Crippen molar-refractivity contribution in [2.24, 2.45) is 0 Å². The van der Waals surface area contributed by atoms with E-state index in [1.165, 1.54) is 0 Å². The van der Waals surface area contributed by atoms with Gasteiger partial charge in [0.2, 0.25) is 16.8 Å². The molecule has 3 heterocycles. The van der Waals surface area contributed by atoms with Gasteiger partial charge in [-0.2, -0.15) is 4.31 Å². The van der Waals surface area contributed by atoms with E-state index in [0.717, 1.165) is 22.0 Å². The van der Waals surface area contributed by atoms with Gasteiger partial charge in [0.1, 0.15) is 6.04 Å². The Bertz CT molecular complexity index is 941. The Morgan fingerprint density at radius 1 is 1.37 bits per heavy atom. The highest BCUT2D eigenvalue weighted by Gasteiger charge is 2.41. The van der Waals surface area contributed by atoms with E-state index in [9.17, 15) is 18.0 Å². The first-order valence-corrected chi connectivity index (χ1v) is 9.80. The molecule has 3 rings (SSSR count). The average Bonchev–Trinajstić information content (AvgIpc) is 3.32. The number of carbonyl (C=O) groups excluding carboxylic acids is 1. The molecule has 1 aliphatic heterocycles. The van der Waals surface area contributed by atoms with E-state index in [1.807, 2.05) is 6.07 Å². The van der Waals surface area contributed by atoms with Crippen LogP contribution in [0, 0.1) is 0 Å². The van der Waals surface area contributed by atoms with Gasteiger partial charge in [-0.15, -0.1) is 0 Å². The lowest BCUT2D eigenvalue weighted by Crippen LogP contribution is -2.46. The molecule has 2 atom stereocenters. The molecule has 0 aromatic carbocycles. The number of aromatic carboxylic acids is 1. The van der Waals surface area contributed by atoms with E-state index >= 15 is 0 Å².